The first-order chi connectivity index (χ1) is 12.5. The van der Waals surface area contributed by atoms with E-state index in [9.17, 15) is 9.90 Å². The molecule has 0 aliphatic rings. The average Bonchev–Trinajstić information content (AvgIpc) is 2.68. The van der Waals surface area contributed by atoms with Crippen LogP contribution < -0.4 is 5.11 Å². The zero-order chi connectivity index (χ0) is 19.7. The summed E-state index contributed by atoms with van der Waals surface area (Å²) in [5.74, 6) is -1.13. The molecule has 1 aromatic carbocycles. The summed E-state index contributed by atoms with van der Waals surface area (Å²) >= 11 is 0. The summed E-state index contributed by atoms with van der Waals surface area (Å²) in [5.41, 5.74) is 0.220. The van der Waals surface area contributed by atoms with Crippen molar-refractivity contribution in [1.82, 2.24) is 0 Å². The van der Waals surface area contributed by atoms with Crippen LogP contribution in [0.15, 0.2) is 30.3 Å². The van der Waals surface area contributed by atoms with E-state index < -0.39 is 11.1 Å². The van der Waals surface area contributed by atoms with Crippen LogP contribution in [0.5, 0.6) is 0 Å². The van der Waals surface area contributed by atoms with E-state index in [-0.39, 0.29) is 5.56 Å². The van der Waals surface area contributed by atoms with Crippen LogP contribution in [-0.2, 0) is 19.4 Å². The van der Waals surface area contributed by atoms with Crippen molar-refractivity contribution in [2.45, 2.75) is 53.4 Å². The Bertz CT molecular complexity index is 417. The monoisotopic (exact) mass is 371 g/mol. The van der Waals surface area contributed by atoms with Gasteiger partial charge in [0.25, 0.3) is 0 Å². The van der Waals surface area contributed by atoms with Crippen molar-refractivity contribution in [3.05, 3.63) is 35.9 Å². The van der Waals surface area contributed by atoms with Crippen molar-refractivity contribution < 1.29 is 34.4 Å². The first kappa shape index (κ1) is 24.5. The van der Waals surface area contributed by atoms with E-state index in [0.29, 0.717) is 26.4 Å². The number of hydrogen-bond acceptors (Lipinski definition) is 6. The van der Waals surface area contributed by atoms with Gasteiger partial charge in [-0.2, -0.15) is 0 Å². The molecule has 0 bridgehead atoms. The Morgan fingerprint density at radius 2 is 1.12 bits per heavy atom. The SMILES string of the molecule is CCCO[N+](OCCC)(OCCC)OCCC.O=C([O-])c1ccccc1. The van der Waals surface area contributed by atoms with Crippen molar-refractivity contribution >= 4 is 5.97 Å². The van der Waals surface area contributed by atoms with Crippen LogP contribution >= 0.6 is 0 Å². The molecule has 0 aliphatic heterocycles. The molecule has 1 rings (SSSR count). The molecule has 0 fully saturated rings. The molecule has 0 saturated heterocycles. The van der Waals surface area contributed by atoms with Gasteiger partial charge < -0.3 is 9.90 Å². The Morgan fingerprint density at radius 3 is 1.35 bits per heavy atom. The third kappa shape index (κ3) is 11.2. The van der Waals surface area contributed by atoms with Gasteiger partial charge in [-0.25, -0.2) is 0 Å². The summed E-state index contributed by atoms with van der Waals surface area (Å²) in [6.07, 6.45) is 3.56. The first-order valence-electron chi connectivity index (χ1n) is 9.28. The third-order valence-electron chi connectivity index (χ3n) is 2.82. The molecule has 0 aliphatic carbocycles. The van der Waals surface area contributed by atoms with E-state index >= 15 is 0 Å². The molecular weight excluding hydrogens is 338 g/mol. The van der Waals surface area contributed by atoms with Crippen molar-refractivity contribution in [3.63, 3.8) is 0 Å². The lowest BCUT2D eigenvalue weighted by molar-refractivity contribution is -1.47. The van der Waals surface area contributed by atoms with Gasteiger partial charge in [0.15, 0.2) is 0 Å². The molecule has 0 aromatic heterocycles. The number of carboxylic acid groups (broad SMARTS) is 1. The maximum Gasteiger partial charge on any atom is 0.247 e. The summed E-state index contributed by atoms with van der Waals surface area (Å²) in [7, 11) is 0. The molecule has 0 heterocycles. The van der Waals surface area contributed by atoms with Crippen LogP contribution in [0.2, 0.25) is 0 Å². The van der Waals surface area contributed by atoms with Gasteiger partial charge in [-0.05, 0) is 31.2 Å². The number of nitrogens with zero attached hydrogens (tertiary/aromatic N) is 1. The van der Waals surface area contributed by atoms with Gasteiger partial charge in [0.1, 0.15) is 26.4 Å². The van der Waals surface area contributed by atoms with E-state index in [0.717, 1.165) is 25.7 Å². The van der Waals surface area contributed by atoms with Gasteiger partial charge in [0.2, 0.25) is 5.14 Å². The quantitative estimate of drug-likeness (QED) is 0.391. The molecule has 0 saturated carbocycles. The highest BCUT2D eigenvalue weighted by molar-refractivity contribution is 5.85. The molecule has 0 N–H and O–H groups in total. The minimum Gasteiger partial charge on any atom is -0.545 e. The standard InChI is InChI=1S/C12H28NO4.C7H6O2/c1-5-9-14-13(15-10-6-2,16-11-7-3)17-12-8-4;8-7(9)6-4-2-1-3-5-6/h5-12H2,1-4H3;1-5H,(H,8,9)/q+1;/p-1. The van der Waals surface area contributed by atoms with Crippen molar-refractivity contribution in [3.8, 4) is 0 Å². The van der Waals surface area contributed by atoms with Gasteiger partial charge in [0.05, 0.1) is 5.97 Å². The molecule has 0 unspecified atom stereocenters. The summed E-state index contributed by atoms with van der Waals surface area (Å²) in [6.45, 7) is 10.3. The summed E-state index contributed by atoms with van der Waals surface area (Å²) in [4.78, 5) is 32.3. The Kier molecular flexibility index (Phi) is 14.8. The lowest BCUT2D eigenvalue weighted by Gasteiger charge is -2.25. The van der Waals surface area contributed by atoms with Gasteiger partial charge in [-0.3, -0.25) is 0 Å². The van der Waals surface area contributed by atoms with E-state index in [1.54, 1.807) is 18.2 Å². The highest BCUT2D eigenvalue weighted by Crippen LogP contribution is 2.15. The molecule has 0 amide bonds. The van der Waals surface area contributed by atoms with Crippen molar-refractivity contribution in [2.24, 2.45) is 0 Å². The number of carbonyl (C=O) groups is 1. The van der Waals surface area contributed by atoms with Crippen LogP contribution in [-0.4, -0.2) is 37.5 Å². The van der Waals surface area contributed by atoms with Crippen LogP contribution in [0.4, 0.5) is 0 Å². The highest BCUT2D eigenvalue weighted by atomic mass is 17.4. The molecular formula is C19H33NO6. The molecule has 26 heavy (non-hydrogen) atoms. The Morgan fingerprint density at radius 1 is 0.769 bits per heavy atom. The van der Waals surface area contributed by atoms with E-state index in [1.807, 2.05) is 27.7 Å². The van der Waals surface area contributed by atoms with Gasteiger partial charge in [-0.1, -0.05) is 77.4 Å². The van der Waals surface area contributed by atoms with E-state index in [4.69, 9.17) is 19.4 Å². The van der Waals surface area contributed by atoms with Gasteiger partial charge >= 0.3 is 0 Å². The fourth-order valence-corrected chi connectivity index (χ4v) is 1.61. The number of quaternary nitrogens is 1. The summed E-state index contributed by atoms with van der Waals surface area (Å²) in [6, 6.07) is 8.06. The average molecular weight is 371 g/mol. The molecule has 150 valence electrons. The predicted molar refractivity (Wildman–Crippen MR) is 96.0 cm³/mol. The molecule has 1 aromatic rings. The Balaban J connectivity index is 0.000000577. The maximum absolute atomic E-state index is 10.1. The summed E-state index contributed by atoms with van der Waals surface area (Å²) < 4.78 is 0. The number of carbonyl (C=O) groups excluding carboxylic acids is 1. The van der Waals surface area contributed by atoms with Gasteiger partial charge in [0, 0.05) is 0 Å². The maximum atomic E-state index is 10.1. The lowest BCUT2D eigenvalue weighted by atomic mass is 10.2. The Labute approximate surface area is 156 Å². The number of carboxylic acids is 1. The topological polar surface area (TPSA) is 77.0 Å². The molecule has 0 spiro atoms. The number of hydrogen-bond donors (Lipinski definition) is 0. The zero-order valence-electron chi connectivity index (χ0n) is 16.4. The van der Waals surface area contributed by atoms with Crippen LogP contribution in [0, 0.1) is 0 Å². The largest absolute Gasteiger partial charge is 0.545 e. The molecule has 0 atom stereocenters. The minimum absolute atomic E-state index is 0.220. The molecule has 0 radical (unpaired) electrons. The number of aromatic carboxylic acids is 1. The van der Waals surface area contributed by atoms with Crippen LogP contribution in [0.1, 0.15) is 63.7 Å². The highest BCUT2D eigenvalue weighted by Gasteiger charge is 2.37. The second kappa shape index (κ2) is 15.7. The second-order valence-electron chi connectivity index (χ2n) is 5.43. The fourth-order valence-electron chi connectivity index (χ4n) is 1.61. The number of benzene rings is 1. The van der Waals surface area contributed by atoms with Crippen molar-refractivity contribution in [1.29, 1.82) is 0 Å². The van der Waals surface area contributed by atoms with Crippen molar-refractivity contribution in [2.75, 3.05) is 26.4 Å². The van der Waals surface area contributed by atoms with Crippen LogP contribution in [0.25, 0.3) is 0 Å². The smallest absolute Gasteiger partial charge is 0.247 e. The normalized spacial score (nSPS) is 10.9. The fraction of sp³-hybridized carbons (Fsp3) is 0.632. The number of rotatable bonds is 13. The zero-order valence-corrected chi connectivity index (χ0v) is 16.4. The second-order valence-corrected chi connectivity index (χ2v) is 5.43. The van der Waals surface area contributed by atoms with Gasteiger partial charge in [-0.15, -0.1) is 0 Å². The molecule has 7 heteroatoms. The van der Waals surface area contributed by atoms with E-state index in [2.05, 4.69) is 0 Å². The lowest BCUT2D eigenvalue weighted by Crippen LogP contribution is -2.48. The molecule has 7 nitrogen and oxygen atoms in total. The predicted octanol–water partition coefficient (Wildman–Crippen LogP) is 3.22. The first-order valence-corrected chi connectivity index (χ1v) is 9.28. The summed E-state index contributed by atoms with van der Waals surface area (Å²) in [5, 5.41) is 9.51. The third-order valence-corrected chi connectivity index (χ3v) is 2.82. The Hall–Kier alpha value is -1.51. The van der Waals surface area contributed by atoms with Crippen LogP contribution in [0.3, 0.4) is 0 Å². The minimum atomic E-state index is -1.13. The van der Waals surface area contributed by atoms with E-state index in [1.165, 1.54) is 12.1 Å².